The van der Waals surface area contributed by atoms with Crippen LogP contribution in [0.5, 0.6) is 0 Å². The highest BCUT2D eigenvalue weighted by atomic mass is 16.6. The number of carbonyl (C=O) groups is 1. The van der Waals surface area contributed by atoms with Gasteiger partial charge in [-0.15, -0.1) is 0 Å². The average molecular weight is 296 g/mol. The van der Waals surface area contributed by atoms with Crippen molar-refractivity contribution in [2.45, 2.75) is 0 Å². The van der Waals surface area contributed by atoms with E-state index in [1.165, 1.54) is 17.3 Å². The average Bonchev–Trinajstić information content (AvgIpc) is 2.52. The van der Waals surface area contributed by atoms with Crippen molar-refractivity contribution in [1.29, 1.82) is 0 Å². The summed E-state index contributed by atoms with van der Waals surface area (Å²) in [6, 6.07) is 1.60. The van der Waals surface area contributed by atoms with E-state index in [-0.39, 0.29) is 18.9 Å². The molecule has 1 saturated heterocycles. The molecule has 0 aliphatic carbocycles. The Morgan fingerprint density at radius 1 is 1.43 bits per heavy atom. The van der Waals surface area contributed by atoms with Gasteiger partial charge in [-0.05, 0) is 6.07 Å². The maximum atomic E-state index is 11.6. The van der Waals surface area contributed by atoms with Gasteiger partial charge in [0.25, 0.3) is 0 Å². The predicted molar refractivity (Wildman–Crippen MR) is 73.1 cm³/mol. The minimum absolute atomic E-state index is 0.0329. The van der Waals surface area contributed by atoms with Crippen molar-refractivity contribution in [2.24, 2.45) is 0 Å². The Labute approximate surface area is 120 Å². The third-order valence-corrected chi connectivity index (χ3v) is 3.17. The van der Waals surface area contributed by atoms with Crippen molar-refractivity contribution in [3.05, 3.63) is 28.6 Å². The van der Waals surface area contributed by atoms with Gasteiger partial charge < -0.3 is 19.6 Å². The molecule has 0 unspecified atom stereocenters. The lowest BCUT2D eigenvalue weighted by molar-refractivity contribution is -0.384. The molecule has 1 N–H and O–H groups in total. The van der Waals surface area contributed by atoms with Crippen LogP contribution in [0.1, 0.15) is 0 Å². The smallest absolute Gasteiger partial charge is 0.409 e. The molecule has 1 aromatic rings. The Hall–Kier alpha value is -2.42. The molecule has 21 heavy (non-hydrogen) atoms. The summed E-state index contributed by atoms with van der Waals surface area (Å²) in [5.74, 6) is 0. The van der Waals surface area contributed by atoms with Crippen molar-refractivity contribution in [1.82, 2.24) is 9.88 Å². The fourth-order valence-electron chi connectivity index (χ4n) is 2.14. The number of rotatable bonds is 4. The molecule has 1 amide bonds. The Kier molecular flexibility index (Phi) is 4.88. The van der Waals surface area contributed by atoms with E-state index in [1.807, 2.05) is 4.90 Å². The van der Waals surface area contributed by atoms with E-state index >= 15 is 0 Å². The summed E-state index contributed by atoms with van der Waals surface area (Å²) in [5.41, 5.74) is 0.451. The van der Waals surface area contributed by atoms with E-state index in [4.69, 9.17) is 9.84 Å². The summed E-state index contributed by atoms with van der Waals surface area (Å²) < 4.78 is 4.83. The van der Waals surface area contributed by atoms with Crippen molar-refractivity contribution in [2.75, 3.05) is 44.3 Å². The normalized spacial score (nSPS) is 14.9. The molecule has 2 heterocycles. The highest BCUT2D eigenvalue weighted by Gasteiger charge is 2.26. The number of aliphatic hydroxyl groups excluding tert-OH is 1. The first-order valence-corrected chi connectivity index (χ1v) is 6.49. The summed E-state index contributed by atoms with van der Waals surface area (Å²) in [5, 5.41) is 19.6. The van der Waals surface area contributed by atoms with E-state index in [9.17, 15) is 14.9 Å². The number of aromatic nitrogens is 1. The van der Waals surface area contributed by atoms with Crippen LogP contribution in [0.25, 0.3) is 0 Å². The molecule has 9 nitrogen and oxygen atoms in total. The van der Waals surface area contributed by atoms with Crippen LogP contribution in [0.3, 0.4) is 0 Å². The second kappa shape index (κ2) is 6.84. The third kappa shape index (κ3) is 3.57. The maximum Gasteiger partial charge on any atom is 0.409 e. The van der Waals surface area contributed by atoms with Gasteiger partial charge in [0.2, 0.25) is 0 Å². The molecule has 1 aromatic heterocycles. The number of aliphatic hydroxyl groups is 1. The van der Waals surface area contributed by atoms with Crippen LogP contribution in [0.15, 0.2) is 18.5 Å². The maximum absolute atomic E-state index is 11.6. The van der Waals surface area contributed by atoms with Gasteiger partial charge in [0.1, 0.15) is 18.5 Å². The molecule has 0 spiro atoms. The number of hydrogen-bond donors (Lipinski definition) is 1. The number of carbonyl (C=O) groups excluding carboxylic acids is 1. The Balaban J connectivity index is 1.98. The SMILES string of the molecule is O=C(OCCO)N1CCN(c2ccncc2[N+](=O)[O-])CC1. The summed E-state index contributed by atoms with van der Waals surface area (Å²) >= 11 is 0. The first-order chi connectivity index (χ1) is 10.1. The molecule has 1 aliphatic heterocycles. The molecule has 1 aliphatic rings. The lowest BCUT2D eigenvalue weighted by atomic mass is 10.2. The number of hydrogen-bond acceptors (Lipinski definition) is 7. The molecule has 0 atom stereocenters. The molecule has 0 saturated carbocycles. The van der Waals surface area contributed by atoms with E-state index in [0.717, 1.165) is 0 Å². The second-order valence-electron chi connectivity index (χ2n) is 4.43. The summed E-state index contributed by atoms with van der Waals surface area (Å²) in [6.07, 6.45) is 2.24. The Bertz CT molecular complexity index is 516. The topological polar surface area (TPSA) is 109 Å². The fourth-order valence-corrected chi connectivity index (χ4v) is 2.14. The van der Waals surface area contributed by atoms with Crippen molar-refractivity contribution < 1.29 is 19.6 Å². The van der Waals surface area contributed by atoms with Crippen LogP contribution in [0.2, 0.25) is 0 Å². The van der Waals surface area contributed by atoms with Gasteiger partial charge in [0.15, 0.2) is 0 Å². The van der Waals surface area contributed by atoms with Gasteiger partial charge in [0, 0.05) is 32.4 Å². The molecule has 1 fully saturated rings. The van der Waals surface area contributed by atoms with Crippen molar-refractivity contribution >= 4 is 17.5 Å². The zero-order chi connectivity index (χ0) is 15.2. The number of piperazine rings is 1. The summed E-state index contributed by atoms with van der Waals surface area (Å²) in [6.45, 7) is 1.51. The number of nitro groups is 1. The molecular weight excluding hydrogens is 280 g/mol. The van der Waals surface area contributed by atoms with E-state index < -0.39 is 11.0 Å². The van der Waals surface area contributed by atoms with Gasteiger partial charge in [0.05, 0.1) is 11.5 Å². The lowest BCUT2D eigenvalue weighted by Crippen LogP contribution is -2.49. The number of amides is 1. The molecule has 0 radical (unpaired) electrons. The van der Waals surface area contributed by atoms with Crippen LogP contribution in [-0.2, 0) is 4.74 Å². The summed E-state index contributed by atoms with van der Waals surface area (Å²) in [7, 11) is 0. The monoisotopic (exact) mass is 296 g/mol. The number of pyridine rings is 1. The standard InChI is InChI=1S/C12H16N4O5/c17-7-8-21-12(18)15-5-3-14(4-6-15)10-1-2-13-9-11(10)16(19)20/h1-2,9,17H,3-8H2. The minimum atomic E-state index is -0.479. The van der Waals surface area contributed by atoms with Crippen molar-refractivity contribution in [3.63, 3.8) is 0 Å². The number of ether oxygens (including phenoxy) is 1. The molecule has 9 heteroatoms. The van der Waals surface area contributed by atoms with Gasteiger partial charge in [-0.1, -0.05) is 0 Å². The molecule has 2 rings (SSSR count). The summed E-state index contributed by atoms with van der Waals surface area (Å²) in [4.78, 5) is 29.3. The molecule has 0 aromatic carbocycles. The van der Waals surface area contributed by atoms with Gasteiger partial charge in [-0.25, -0.2) is 4.79 Å². The van der Waals surface area contributed by atoms with Gasteiger partial charge in [-0.3, -0.25) is 15.1 Å². The first kappa shape index (κ1) is 15.0. The highest BCUT2D eigenvalue weighted by molar-refractivity contribution is 5.69. The second-order valence-corrected chi connectivity index (χ2v) is 4.43. The van der Waals surface area contributed by atoms with Gasteiger partial charge in [-0.2, -0.15) is 0 Å². The number of anilines is 1. The first-order valence-electron chi connectivity index (χ1n) is 6.49. The van der Waals surface area contributed by atoms with Crippen LogP contribution in [-0.4, -0.2) is 65.4 Å². The fraction of sp³-hybridized carbons (Fsp3) is 0.500. The largest absolute Gasteiger partial charge is 0.447 e. The molecule has 0 bridgehead atoms. The zero-order valence-electron chi connectivity index (χ0n) is 11.3. The Morgan fingerprint density at radius 3 is 2.76 bits per heavy atom. The Morgan fingerprint density at radius 2 is 2.14 bits per heavy atom. The van der Waals surface area contributed by atoms with E-state index in [1.54, 1.807) is 6.07 Å². The predicted octanol–water partition coefficient (Wildman–Crippen LogP) is 0.241. The molecule has 114 valence electrons. The van der Waals surface area contributed by atoms with E-state index in [2.05, 4.69) is 4.98 Å². The van der Waals surface area contributed by atoms with Crippen molar-refractivity contribution in [3.8, 4) is 0 Å². The van der Waals surface area contributed by atoms with Crippen LogP contribution >= 0.6 is 0 Å². The zero-order valence-corrected chi connectivity index (χ0v) is 11.3. The lowest BCUT2D eigenvalue weighted by Gasteiger charge is -2.35. The van der Waals surface area contributed by atoms with Gasteiger partial charge >= 0.3 is 11.8 Å². The molecular formula is C12H16N4O5. The number of nitrogens with zero attached hydrogens (tertiary/aromatic N) is 4. The van der Waals surface area contributed by atoms with Crippen LogP contribution < -0.4 is 4.90 Å². The van der Waals surface area contributed by atoms with Crippen LogP contribution in [0.4, 0.5) is 16.2 Å². The quantitative estimate of drug-likeness (QED) is 0.626. The third-order valence-electron chi connectivity index (χ3n) is 3.17. The van der Waals surface area contributed by atoms with Crippen LogP contribution in [0, 0.1) is 10.1 Å². The highest BCUT2D eigenvalue weighted by Crippen LogP contribution is 2.27. The van der Waals surface area contributed by atoms with E-state index in [0.29, 0.717) is 31.9 Å². The minimum Gasteiger partial charge on any atom is -0.447 e.